The van der Waals surface area contributed by atoms with Crippen molar-refractivity contribution in [2.75, 3.05) is 44.4 Å². The van der Waals surface area contributed by atoms with Gasteiger partial charge in [-0.2, -0.15) is 0 Å². The largest absolute Gasteiger partial charge is 0.494 e. The Morgan fingerprint density at radius 1 is 1.14 bits per heavy atom. The van der Waals surface area contributed by atoms with Gasteiger partial charge in [0.05, 0.1) is 32.3 Å². The number of hydrogen-bond donors (Lipinski definition) is 2. The third-order valence-electron chi connectivity index (χ3n) is 4.75. The molecule has 0 aliphatic carbocycles. The van der Waals surface area contributed by atoms with Crippen LogP contribution in [0.25, 0.3) is 0 Å². The van der Waals surface area contributed by atoms with E-state index in [1.807, 2.05) is 55.5 Å². The highest BCUT2D eigenvalue weighted by Crippen LogP contribution is 2.20. The summed E-state index contributed by atoms with van der Waals surface area (Å²) in [6, 6.07) is 15.3. The third kappa shape index (κ3) is 5.71. The van der Waals surface area contributed by atoms with E-state index in [1.165, 1.54) is 0 Å². The highest BCUT2D eigenvalue weighted by atomic mass is 16.5. The van der Waals surface area contributed by atoms with E-state index in [0.29, 0.717) is 6.61 Å². The molecule has 2 aromatic carbocycles. The summed E-state index contributed by atoms with van der Waals surface area (Å²) in [5.41, 5.74) is 2.82. The number of nitrogens with zero attached hydrogens (tertiary/aromatic N) is 1. The van der Waals surface area contributed by atoms with E-state index < -0.39 is 6.10 Å². The van der Waals surface area contributed by atoms with Crippen LogP contribution >= 0.6 is 0 Å². The molecule has 1 aliphatic heterocycles. The molecule has 1 amide bonds. The number of nitrogens with one attached hydrogen (secondary N) is 1. The first-order chi connectivity index (χ1) is 13.7. The lowest BCUT2D eigenvalue weighted by atomic mass is 10.1. The van der Waals surface area contributed by atoms with Crippen molar-refractivity contribution in [2.45, 2.75) is 19.4 Å². The van der Waals surface area contributed by atoms with Gasteiger partial charge in [0, 0.05) is 25.3 Å². The Hall–Kier alpha value is -2.57. The summed E-state index contributed by atoms with van der Waals surface area (Å²) in [5, 5.41) is 13.2. The second-order valence-corrected chi connectivity index (χ2v) is 6.76. The molecule has 1 unspecified atom stereocenters. The molecule has 1 heterocycles. The molecular weight excluding hydrogens is 356 g/mol. The SMILES string of the molecule is CCOc1ccc(CC(=O)NCC(O)c2ccc(N3CCOCC3)cc2)cc1. The van der Waals surface area contributed by atoms with E-state index in [2.05, 4.69) is 10.2 Å². The van der Waals surface area contributed by atoms with Crippen molar-refractivity contribution in [1.29, 1.82) is 0 Å². The molecule has 28 heavy (non-hydrogen) atoms. The Labute approximate surface area is 166 Å². The van der Waals surface area contributed by atoms with Crippen LogP contribution in [0, 0.1) is 0 Å². The second-order valence-electron chi connectivity index (χ2n) is 6.76. The van der Waals surface area contributed by atoms with Gasteiger partial charge in [-0.15, -0.1) is 0 Å². The monoisotopic (exact) mass is 384 g/mol. The molecule has 6 heteroatoms. The topological polar surface area (TPSA) is 71.0 Å². The Balaban J connectivity index is 1.46. The number of amides is 1. The lowest BCUT2D eigenvalue weighted by Crippen LogP contribution is -2.36. The average molecular weight is 384 g/mol. The normalized spacial score (nSPS) is 15.1. The number of aliphatic hydroxyl groups excluding tert-OH is 1. The quantitative estimate of drug-likeness (QED) is 0.731. The molecule has 150 valence electrons. The van der Waals surface area contributed by atoms with E-state index in [4.69, 9.17) is 9.47 Å². The molecule has 0 radical (unpaired) electrons. The minimum Gasteiger partial charge on any atom is -0.494 e. The molecule has 0 saturated carbocycles. The van der Waals surface area contributed by atoms with Gasteiger partial charge in [-0.05, 0) is 42.3 Å². The molecule has 3 rings (SSSR count). The van der Waals surface area contributed by atoms with Crippen molar-refractivity contribution >= 4 is 11.6 Å². The maximum Gasteiger partial charge on any atom is 0.224 e. The van der Waals surface area contributed by atoms with Crippen molar-refractivity contribution in [3.63, 3.8) is 0 Å². The van der Waals surface area contributed by atoms with Crippen LogP contribution in [0.2, 0.25) is 0 Å². The number of hydrogen-bond acceptors (Lipinski definition) is 5. The van der Waals surface area contributed by atoms with Crippen LogP contribution in [0.5, 0.6) is 5.75 Å². The van der Waals surface area contributed by atoms with Crippen LogP contribution in [0.15, 0.2) is 48.5 Å². The minimum atomic E-state index is -0.733. The standard InChI is InChI=1S/C22H28N2O4/c1-2-28-20-9-3-17(4-10-20)15-22(26)23-16-21(25)18-5-7-19(8-6-18)24-11-13-27-14-12-24/h3-10,21,25H,2,11-16H2,1H3,(H,23,26). The molecule has 2 N–H and O–H groups in total. The minimum absolute atomic E-state index is 0.117. The molecule has 6 nitrogen and oxygen atoms in total. The fourth-order valence-electron chi connectivity index (χ4n) is 3.18. The Bertz CT molecular complexity index is 740. The van der Waals surface area contributed by atoms with Gasteiger partial charge in [0.25, 0.3) is 0 Å². The third-order valence-corrected chi connectivity index (χ3v) is 4.75. The predicted molar refractivity (Wildman–Crippen MR) is 109 cm³/mol. The highest BCUT2D eigenvalue weighted by molar-refractivity contribution is 5.78. The van der Waals surface area contributed by atoms with E-state index in [1.54, 1.807) is 0 Å². The van der Waals surface area contributed by atoms with Gasteiger partial charge < -0.3 is 24.8 Å². The molecule has 1 saturated heterocycles. The van der Waals surface area contributed by atoms with Gasteiger partial charge in [0.15, 0.2) is 0 Å². The van der Waals surface area contributed by atoms with Crippen molar-refractivity contribution in [3.05, 3.63) is 59.7 Å². The van der Waals surface area contributed by atoms with Gasteiger partial charge in [-0.1, -0.05) is 24.3 Å². The van der Waals surface area contributed by atoms with E-state index in [0.717, 1.165) is 48.9 Å². The smallest absolute Gasteiger partial charge is 0.224 e. The molecule has 0 aromatic heterocycles. The van der Waals surface area contributed by atoms with Crippen LogP contribution in [0.3, 0.4) is 0 Å². The summed E-state index contributed by atoms with van der Waals surface area (Å²) >= 11 is 0. The summed E-state index contributed by atoms with van der Waals surface area (Å²) < 4.78 is 10.8. The van der Waals surface area contributed by atoms with Crippen LogP contribution in [-0.4, -0.2) is 50.5 Å². The number of rotatable bonds is 8. The van der Waals surface area contributed by atoms with Crippen molar-refractivity contribution < 1.29 is 19.4 Å². The van der Waals surface area contributed by atoms with Crippen molar-refractivity contribution in [1.82, 2.24) is 5.32 Å². The predicted octanol–water partition coefficient (Wildman–Crippen LogP) is 2.31. The first-order valence-corrected chi connectivity index (χ1v) is 9.75. The number of aliphatic hydroxyl groups is 1. The first-order valence-electron chi connectivity index (χ1n) is 9.75. The Kier molecular flexibility index (Phi) is 7.28. The van der Waals surface area contributed by atoms with Crippen LogP contribution in [0.1, 0.15) is 24.2 Å². The highest BCUT2D eigenvalue weighted by Gasteiger charge is 2.13. The molecular formula is C22H28N2O4. The summed E-state index contributed by atoms with van der Waals surface area (Å²) in [5.74, 6) is 0.677. The molecule has 1 atom stereocenters. The van der Waals surface area contributed by atoms with E-state index >= 15 is 0 Å². The number of benzene rings is 2. The van der Waals surface area contributed by atoms with Gasteiger partial charge in [0.1, 0.15) is 5.75 Å². The average Bonchev–Trinajstić information content (AvgIpc) is 2.74. The number of carbonyl (C=O) groups is 1. The number of anilines is 1. The Morgan fingerprint density at radius 3 is 2.46 bits per heavy atom. The summed E-state index contributed by atoms with van der Waals surface area (Å²) in [6.45, 7) is 5.98. The van der Waals surface area contributed by atoms with E-state index in [-0.39, 0.29) is 18.9 Å². The fraction of sp³-hybridized carbons (Fsp3) is 0.409. The second kappa shape index (κ2) is 10.1. The zero-order valence-corrected chi connectivity index (χ0v) is 16.3. The summed E-state index contributed by atoms with van der Waals surface area (Å²) in [7, 11) is 0. The Morgan fingerprint density at radius 2 is 1.82 bits per heavy atom. The van der Waals surface area contributed by atoms with Gasteiger partial charge >= 0.3 is 0 Å². The number of ether oxygens (including phenoxy) is 2. The molecule has 1 aliphatic rings. The maximum absolute atomic E-state index is 12.1. The van der Waals surface area contributed by atoms with Crippen LogP contribution in [-0.2, 0) is 16.0 Å². The van der Waals surface area contributed by atoms with Gasteiger partial charge in [0.2, 0.25) is 5.91 Å². The van der Waals surface area contributed by atoms with Crippen molar-refractivity contribution in [3.8, 4) is 5.75 Å². The zero-order chi connectivity index (χ0) is 19.8. The fourth-order valence-corrected chi connectivity index (χ4v) is 3.18. The maximum atomic E-state index is 12.1. The van der Waals surface area contributed by atoms with Gasteiger partial charge in [-0.3, -0.25) is 4.79 Å². The number of carbonyl (C=O) groups excluding carboxylic acids is 1. The number of morpholine rings is 1. The zero-order valence-electron chi connectivity index (χ0n) is 16.3. The summed E-state index contributed by atoms with van der Waals surface area (Å²) in [6.07, 6.45) is -0.460. The summed E-state index contributed by atoms with van der Waals surface area (Å²) in [4.78, 5) is 14.4. The van der Waals surface area contributed by atoms with Crippen LogP contribution in [0.4, 0.5) is 5.69 Å². The lowest BCUT2D eigenvalue weighted by molar-refractivity contribution is -0.120. The molecule has 0 spiro atoms. The first kappa shape index (κ1) is 20.2. The van der Waals surface area contributed by atoms with Crippen LogP contribution < -0.4 is 15.0 Å². The van der Waals surface area contributed by atoms with Crippen molar-refractivity contribution in [2.24, 2.45) is 0 Å². The molecule has 2 aromatic rings. The van der Waals surface area contributed by atoms with E-state index in [9.17, 15) is 9.90 Å². The molecule has 1 fully saturated rings. The van der Waals surface area contributed by atoms with Gasteiger partial charge in [-0.25, -0.2) is 0 Å². The molecule has 0 bridgehead atoms. The lowest BCUT2D eigenvalue weighted by Gasteiger charge is -2.29.